The van der Waals surface area contributed by atoms with E-state index in [0.717, 1.165) is 18.8 Å². The topological polar surface area (TPSA) is 58.7 Å². The van der Waals surface area contributed by atoms with E-state index in [9.17, 15) is 5.11 Å². The van der Waals surface area contributed by atoms with E-state index in [4.69, 9.17) is 10.5 Å². The van der Waals surface area contributed by atoms with Crippen LogP contribution in [0.25, 0.3) is 0 Å². The highest BCUT2D eigenvalue weighted by molar-refractivity contribution is 5.33. The van der Waals surface area contributed by atoms with Gasteiger partial charge in [-0.15, -0.1) is 0 Å². The van der Waals surface area contributed by atoms with Crippen molar-refractivity contribution >= 4 is 0 Å². The maximum atomic E-state index is 9.54. The van der Waals surface area contributed by atoms with E-state index in [2.05, 4.69) is 11.0 Å². The van der Waals surface area contributed by atoms with Gasteiger partial charge in [0, 0.05) is 31.7 Å². The highest BCUT2D eigenvalue weighted by Crippen LogP contribution is 2.22. The Morgan fingerprint density at radius 2 is 2.25 bits per heavy atom. The van der Waals surface area contributed by atoms with E-state index < -0.39 is 6.10 Å². The number of aliphatic hydroxyl groups is 1. The first kappa shape index (κ1) is 11.4. The van der Waals surface area contributed by atoms with Crippen molar-refractivity contribution in [2.45, 2.75) is 12.6 Å². The third-order valence-corrected chi connectivity index (χ3v) is 2.77. The smallest absolute Gasteiger partial charge is 0.123 e. The van der Waals surface area contributed by atoms with Crippen LogP contribution in [-0.4, -0.2) is 42.4 Å². The van der Waals surface area contributed by atoms with Gasteiger partial charge in [0.2, 0.25) is 0 Å². The Labute approximate surface area is 95.6 Å². The molecule has 1 aromatic carbocycles. The van der Waals surface area contributed by atoms with Crippen molar-refractivity contribution in [1.82, 2.24) is 4.90 Å². The molecule has 1 heterocycles. The normalized spacial score (nSPS) is 18.4. The average Bonchev–Trinajstić information content (AvgIpc) is 2.50. The Kier molecular flexibility index (Phi) is 3.77. The first-order valence-electron chi connectivity index (χ1n) is 5.61. The quantitative estimate of drug-likeness (QED) is 0.767. The van der Waals surface area contributed by atoms with Gasteiger partial charge in [-0.3, -0.25) is 4.90 Å². The number of fused-ring (bicyclic) bond motifs is 1. The van der Waals surface area contributed by atoms with Crippen LogP contribution >= 0.6 is 0 Å². The lowest BCUT2D eigenvalue weighted by molar-refractivity contribution is 0.110. The Hall–Kier alpha value is -1.10. The molecule has 88 valence electrons. The number of rotatable bonds is 3. The summed E-state index contributed by atoms with van der Waals surface area (Å²) in [6.45, 7) is 3.21. The molecule has 0 aromatic heterocycles. The van der Waals surface area contributed by atoms with Gasteiger partial charge in [-0.05, 0) is 6.07 Å². The van der Waals surface area contributed by atoms with Gasteiger partial charge < -0.3 is 15.6 Å². The van der Waals surface area contributed by atoms with Crippen LogP contribution in [0.4, 0.5) is 0 Å². The number of benzene rings is 1. The Morgan fingerprint density at radius 1 is 1.44 bits per heavy atom. The number of β-amino-alcohol motifs (C(OH)–C–C–N with tert-alkyl or cyclic N) is 1. The lowest BCUT2D eigenvalue weighted by atomic mass is 10.2. The monoisotopic (exact) mass is 222 g/mol. The Balaban J connectivity index is 2.05. The summed E-state index contributed by atoms with van der Waals surface area (Å²) in [5.74, 6) is 0.951. The molecule has 0 aliphatic carbocycles. The summed E-state index contributed by atoms with van der Waals surface area (Å²) in [7, 11) is 0. The lowest BCUT2D eigenvalue weighted by Gasteiger charge is -2.21. The molecule has 1 aliphatic rings. The van der Waals surface area contributed by atoms with E-state index in [-0.39, 0.29) is 0 Å². The second kappa shape index (κ2) is 5.30. The maximum Gasteiger partial charge on any atom is 0.123 e. The number of nitrogens with two attached hydrogens (primary N) is 1. The molecule has 1 unspecified atom stereocenters. The lowest BCUT2D eigenvalue weighted by Crippen LogP contribution is -2.37. The third-order valence-electron chi connectivity index (χ3n) is 2.77. The number of ether oxygens (including phenoxy) is 1. The summed E-state index contributed by atoms with van der Waals surface area (Å²) in [6.07, 6.45) is -0.453. The first-order chi connectivity index (χ1) is 7.79. The summed E-state index contributed by atoms with van der Waals surface area (Å²) in [5.41, 5.74) is 6.59. The second-order valence-corrected chi connectivity index (χ2v) is 4.08. The van der Waals surface area contributed by atoms with Crippen LogP contribution in [0.5, 0.6) is 5.75 Å². The summed E-state index contributed by atoms with van der Waals surface area (Å²) < 4.78 is 5.64. The van der Waals surface area contributed by atoms with Crippen molar-refractivity contribution in [2.24, 2.45) is 5.73 Å². The molecule has 16 heavy (non-hydrogen) atoms. The predicted molar refractivity (Wildman–Crippen MR) is 62.3 cm³/mol. The second-order valence-electron chi connectivity index (χ2n) is 4.08. The summed E-state index contributed by atoms with van der Waals surface area (Å²) in [5, 5.41) is 9.54. The van der Waals surface area contributed by atoms with Crippen LogP contribution in [0.2, 0.25) is 0 Å². The van der Waals surface area contributed by atoms with Crippen molar-refractivity contribution < 1.29 is 9.84 Å². The van der Waals surface area contributed by atoms with Gasteiger partial charge in [-0.25, -0.2) is 0 Å². The van der Waals surface area contributed by atoms with Gasteiger partial charge in [0.1, 0.15) is 12.4 Å². The molecule has 0 saturated carbocycles. The maximum absolute atomic E-state index is 9.54. The fourth-order valence-electron chi connectivity index (χ4n) is 1.91. The van der Waals surface area contributed by atoms with E-state index in [0.29, 0.717) is 19.7 Å². The molecule has 3 N–H and O–H groups in total. The van der Waals surface area contributed by atoms with Crippen molar-refractivity contribution in [2.75, 3.05) is 26.2 Å². The van der Waals surface area contributed by atoms with Crippen molar-refractivity contribution in [3.05, 3.63) is 29.8 Å². The molecule has 1 aliphatic heterocycles. The summed E-state index contributed by atoms with van der Waals surface area (Å²) in [4.78, 5) is 2.17. The van der Waals surface area contributed by atoms with Crippen LogP contribution in [0.3, 0.4) is 0 Å². The number of nitrogens with zero attached hydrogens (tertiary/aromatic N) is 1. The van der Waals surface area contributed by atoms with Gasteiger partial charge in [-0.1, -0.05) is 18.2 Å². The van der Waals surface area contributed by atoms with Crippen molar-refractivity contribution in [3.63, 3.8) is 0 Å². The molecule has 1 aromatic rings. The van der Waals surface area contributed by atoms with Gasteiger partial charge in [0.25, 0.3) is 0 Å². The highest BCUT2D eigenvalue weighted by atomic mass is 16.5. The van der Waals surface area contributed by atoms with Crippen LogP contribution < -0.4 is 10.5 Å². The van der Waals surface area contributed by atoms with E-state index >= 15 is 0 Å². The number of aliphatic hydroxyl groups excluding tert-OH is 1. The summed E-state index contributed by atoms with van der Waals surface area (Å²) in [6, 6.07) is 8.02. The molecule has 1 atom stereocenters. The Morgan fingerprint density at radius 3 is 3.06 bits per heavy atom. The Bertz CT molecular complexity index is 344. The number of hydrogen-bond donors (Lipinski definition) is 2. The van der Waals surface area contributed by atoms with Crippen LogP contribution in [0.15, 0.2) is 24.3 Å². The predicted octanol–water partition coefficient (Wildman–Crippen LogP) is 0.201. The minimum absolute atomic E-state index is 0.305. The molecular weight excluding hydrogens is 204 g/mol. The molecule has 4 heteroatoms. The SMILES string of the molecule is NCC(O)CN1CCOc2ccccc2C1. The van der Waals surface area contributed by atoms with E-state index in [1.807, 2.05) is 18.2 Å². The molecule has 0 saturated heterocycles. The molecule has 0 amide bonds. The largest absolute Gasteiger partial charge is 0.492 e. The van der Waals surface area contributed by atoms with Gasteiger partial charge in [-0.2, -0.15) is 0 Å². The zero-order valence-corrected chi connectivity index (χ0v) is 9.30. The zero-order valence-electron chi connectivity index (χ0n) is 9.30. The molecular formula is C12H18N2O2. The van der Waals surface area contributed by atoms with Gasteiger partial charge in [0.05, 0.1) is 6.10 Å². The molecule has 0 bridgehead atoms. The fourth-order valence-corrected chi connectivity index (χ4v) is 1.91. The molecule has 0 radical (unpaired) electrons. The van der Waals surface area contributed by atoms with E-state index in [1.165, 1.54) is 5.56 Å². The zero-order chi connectivity index (χ0) is 11.4. The fraction of sp³-hybridized carbons (Fsp3) is 0.500. The third kappa shape index (κ3) is 2.72. The van der Waals surface area contributed by atoms with Crippen molar-refractivity contribution in [3.8, 4) is 5.75 Å². The molecule has 4 nitrogen and oxygen atoms in total. The molecule has 2 rings (SSSR count). The van der Waals surface area contributed by atoms with Crippen LogP contribution in [0.1, 0.15) is 5.56 Å². The number of hydrogen-bond acceptors (Lipinski definition) is 4. The van der Waals surface area contributed by atoms with Crippen LogP contribution in [-0.2, 0) is 6.54 Å². The van der Waals surface area contributed by atoms with Gasteiger partial charge >= 0.3 is 0 Å². The molecule has 0 fully saturated rings. The number of para-hydroxylation sites is 1. The van der Waals surface area contributed by atoms with Crippen molar-refractivity contribution in [1.29, 1.82) is 0 Å². The van der Waals surface area contributed by atoms with E-state index in [1.54, 1.807) is 0 Å². The minimum Gasteiger partial charge on any atom is -0.492 e. The summed E-state index contributed by atoms with van der Waals surface area (Å²) >= 11 is 0. The highest BCUT2D eigenvalue weighted by Gasteiger charge is 2.16. The molecule has 0 spiro atoms. The first-order valence-corrected chi connectivity index (χ1v) is 5.61. The average molecular weight is 222 g/mol. The minimum atomic E-state index is -0.453. The standard InChI is InChI=1S/C12H18N2O2/c13-7-11(15)9-14-5-6-16-12-4-2-1-3-10(12)8-14/h1-4,11,15H,5-9,13H2. The van der Waals surface area contributed by atoms with Crippen LogP contribution in [0, 0.1) is 0 Å². The van der Waals surface area contributed by atoms with Gasteiger partial charge in [0.15, 0.2) is 0 Å².